The van der Waals surface area contributed by atoms with Crippen molar-refractivity contribution in [2.45, 2.75) is 52.1 Å². The van der Waals surface area contributed by atoms with Gasteiger partial charge in [0, 0.05) is 25.2 Å². The lowest BCUT2D eigenvalue weighted by atomic mass is 10.1. The summed E-state index contributed by atoms with van der Waals surface area (Å²) in [4.78, 5) is 17.9. The van der Waals surface area contributed by atoms with Gasteiger partial charge in [-0.05, 0) is 33.1 Å². The number of ether oxygens (including phenoxy) is 1. The Kier molecular flexibility index (Phi) is 6.37. The first-order valence-corrected chi connectivity index (χ1v) is 8.26. The second-order valence-corrected chi connectivity index (χ2v) is 5.72. The van der Waals surface area contributed by atoms with Crippen LogP contribution >= 0.6 is 0 Å². The Labute approximate surface area is 137 Å². The standard InChI is InChI=1S/C15H26N6O2/c1-4-11(3)17-13-10-16-20-14(19-13)18-12-6-8-21(9-7-12)15(22)23-5-2/h10-12H,4-9H2,1-3H3,(H2,17,18,19,20). The molecule has 1 unspecified atom stereocenters. The fourth-order valence-electron chi connectivity index (χ4n) is 2.39. The van der Waals surface area contributed by atoms with Gasteiger partial charge in [0.25, 0.3) is 0 Å². The summed E-state index contributed by atoms with van der Waals surface area (Å²) >= 11 is 0. The predicted molar refractivity (Wildman–Crippen MR) is 88.4 cm³/mol. The number of nitrogens with one attached hydrogen (secondary N) is 2. The molecule has 8 nitrogen and oxygen atoms in total. The van der Waals surface area contributed by atoms with Crippen LogP contribution in [0.25, 0.3) is 0 Å². The van der Waals surface area contributed by atoms with Crippen LogP contribution in [0.2, 0.25) is 0 Å². The van der Waals surface area contributed by atoms with Crippen molar-refractivity contribution >= 4 is 17.9 Å². The molecule has 1 aromatic heterocycles. The lowest BCUT2D eigenvalue weighted by molar-refractivity contribution is 0.0983. The highest BCUT2D eigenvalue weighted by Gasteiger charge is 2.24. The normalized spacial score (nSPS) is 16.7. The number of likely N-dealkylation sites (tertiary alicyclic amines) is 1. The molecule has 0 saturated carbocycles. The number of rotatable bonds is 6. The first kappa shape index (κ1) is 17.2. The highest BCUT2D eigenvalue weighted by molar-refractivity contribution is 5.67. The van der Waals surface area contributed by atoms with E-state index in [0.717, 1.165) is 25.1 Å². The molecule has 1 atom stereocenters. The minimum absolute atomic E-state index is 0.233. The van der Waals surface area contributed by atoms with Gasteiger partial charge in [0.15, 0.2) is 5.82 Å². The van der Waals surface area contributed by atoms with Crippen molar-refractivity contribution in [2.75, 3.05) is 30.3 Å². The van der Waals surface area contributed by atoms with Gasteiger partial charge in [-0.2, -0.15) is 10.1 Å². The zero-order valence-corrected chi connectivity index (χ0v) is 14.1. The Morgan fingerprint density at radius 2 is 2.17 bits per heavy atom. The minimum Gasteiger partial charge on any atom is -0.450 e. The third kappa shape index (κ3) is 5.22. The van der Waals surface area contributed by atoms with E-state index in [0.29, 0.717) is 31.7 Å². The Balaban J connectivity index is 1.84. The Morgan fingerprint density at radius 3 is 2.83 bits per heavy atom. The monoisotopic (exact) mass is 322 g/mol. The summed E-state index contributed by atoms with van der Waals surface area (Å²) < 4.78 is 5.02. The largest absolute Gasteiger partial charge is 0.450 e. The molecule has 0 aromatic carbocycles. The summed E-state index contributed by atoms with van der Waals surface area (Å²) in [6.45, 7) is 7.79. The zero-order valence-electron chi connectivity index (χ0n) is 14.1. The van der Waals surface area contributed by atoms with Gasteiger partial charge in [-0.25, -0.2) is 4.79 Å². The maximum Gasteiger partial charge on any atom is 0.409 e. The van der Waals surface area contributed by atoms with Gasteiger partial charge in [0.2, 0.25) is 5.95 Å². The van der Waals surface area contributed by atoms with Gasteiger partial charge in [-0.3, -0.25) is 0 Å². The molecule has 0 bridgehead atoms. The molecule has 2 N–H and O–H groups in total. The first-order valence-electron chi connectivity index (χ1n) is 8.26. The number of nitrogens with zero attached hydrogens (tertiary/aromatic N) is 4. The van der Waals surface area contributed by atoms with Crippen molar-refractivity contribution < 1.29 is 9.53 Å². The predicted octanol–water partition coefficient (Wildman–Crippen LogP) is 2.11. The molecule has 0 spiro atoms. The van der Waals surface area contributed by atoms with E-state index in [-0.39, 0.29) is 12.1 Å². The highest BCUT2D eigenvalue weighted by atomic mass is 16.6. The van der Waals surface area contributed by atoms with E-state index < -0.39 is 0 Å². The molecule has 0 radical (unpaired) electrons. The van der Waals surface area contributed by atoms with Gasteiger partial charge in [0.1, 0.15) is 0 Å². The number of carbonyl (C=O) groups is 1. The van der Waals surface area contributed by atoms with E-state index in [4.69, 9.17) is 4.74 Å². The molecule has 1 fully saturated rings. The molecule has 1 aliphatic rings. The third-order valence-electron chi connectivity index (χ3n) is 3.92. The van der Waals surface area contributed by atoms with Crippen molar-refractivity contribution in [1.82, 2.24) is 20.1 Å². The molecule has 8 heteroatoms. The van der Waals surface area contributed by atoms with E-state index in [1.54, 1.807) is 11.1 Å². The van der Waals surface area contributed by atoms with Crippen LogP contribution in [-0.2, 0) is 4.74 Å². The highest BCUT2D eigenvalue weighted by Crippen LogP contribution is 2.15. The topological polar surface area (TPSA) is 92.3 Å². The zero-order chi connectivity index (χ0) is 16.7. The van der Waals surface area contributed by atoms with E-state index in [1.807, 2.05) is 6.92 Å². The maximum atomic E-state index is 11.7. The molecule has 1 saturated heterocycles. The number of carbonyl (C=O) groups excluding carboxylic acids is 1. The molecular formula is C15H26N6O2. The molecule has 128 valence electrons. The number of hydrogen-bond acceptors (Lipinski definition) is 7. The first-order chi connectivity index (χ1) is 11.1. The van der Waals surface area contributed by atoms with E-state index >= 15 is 0 Å². The van der Waals surface area contributed by atoms with Gasteiger partial charge in [0.05, 0.1) is 12.8 Å². The summed E-state index contributed by atoms with van der Waals surface area (Å²) in [5.41, 5.74) is 0. The SMILES string of the molecule is CCOC(=O)N1CCC(Nc2nncc(NC(C)CC)n2)CC1. The minimum atomic E-state index is -0.233. The van der Waals surface area contributed by atoms with Crippen molar-refractivity contribution in [3.63, 3.8) is 0 Å². The maximum absolute atomic E-state index is 11.7. The van der Waals surface area contributed by atoms with Crippen LogP contribution in [0, 0.1) is 0 Å². The molecule has 0 aliphatic carbocycles. The number of amides is 1. The van der Waals surface area contributed by atoms with E-state index in [2.05, 4.69) is 39.7 Å². The smallest absolute Gasteiger partial charge is 0.409 e. The molecule has 1 amide bonds. The van der Waals surface area contributed by atoms with E-state index in [9.17, 15) is 4.79 Å². The van der Waals surface area contributed by atoms with E-state index in [1.165, 1.54) is 0 Å². The van der Waals surface area contributed by atoms with Crippen LogP contribution in [0.1, 0.15) is 40.0 Å². The van der Waals surface area contributed by atoms with Crippen LogP contribution in [0.15, 0.2) is 6.20 Å². The van der Waals surface area contributed by atoms with Crippen LogP contribution in [0.5, 0.6) is 0 Å². The van der Waals surface area contributed by atoms with Crippen LogP contribution in [-0.4, -0.2) is 58.0 Å². The van der Waals surface area contributed by atoms with Crippen molar-refractivity contribution in [1.29, 1.82) is 0 Å². The van der Waals surface area contributed by atoms with Crippen molar-refractivity contribution in [3.05, 3.63) is 6.20 Å². The fraction of sp³-hybridized carbons (Fsp3) is 0.733. The average molecular weight is 322 g/mol. The molecule has 2 heterocycles. The molecular weight excluding hydrogens is 296 g/mol. The second-order valence-electron chi connectivity index (χ2n) is 5.72. The van der Waals surface area contributed by atoms with Gasteiger partial charge in [-0.15, -0.1) is 5.10 Å². The number of anilines is 2. The van der Waals surface area contributed by atoms with Crippen molar-refractivity contribution in [3.8, 4) is 0 Å². The molecule has 2 rings (SSSR count). The summed E-state index contributed by atoms with van der Waals surface area (Å²) in [6, 6.07) is 0.577. The van der Waals surface area contributed by atoms with Gasteiger partial charge in [-0.1, -0.05) is 6.92 Å². The number of hydrogen-bond donors (Lipinski definition) is 2. The van der Waals surface area contributed by atoms with Crippen LogP contribution in [0.4, 0.5) is 16.6 Å². The Morgan fingerprint density at radius 1 is 1.43 bits per heavy atom. The summed E-state index contributed by atoms with van der Waals surface area (Å²) in [7, 11) is 0. The van der Waals surface area contributed by atoms with Crippen LogP contribution < -0.4 is 10.6 Å². The van der Waals surface area contributed by atoms with Crippen LogP contribution in [0.3, 0.4) is 0 Å². The molecule has 1 aliphatic heterocycles. The summed E-state index contributed by atoms with van der Waals surface area (Å²) in [6.07, 6.45) is 4.08. The number of aromatic nitrogens is 3. The Hall–Kier alpha value is -2.12. The number of piperidine rings is 1. The average Bonchev–Trinajstić information content (AvgIpc) is 2.56. The second kappa shape index (κ2) is 8.50. The van der Waals surface area contributed by atoms with Gasteiger partial charge >= 0.3 is 6.09 Å². The molecule has 23 heavy (non-hydrogen) atoms. The summed E-state index contributed by atoms with van der Waals surface area (Å²) in [5, 5.41) is 14.6. The van der Waals surface area contributed by atoms with Gasteiger partial charge < -0.3 is 20.3 Å². The molecule has 1 aromatic rings. The lowest BCUT2D eigenvalue weighted by Gasteiger charge is -2.31. The Bertz CT molecular complexity index is 504. The third-order valence-corrected chi connectivity index (χ3v) is 3.92. The lowest BCUT2D eigenvalue weighted by Crippen LogP contribution is -2.42. The quantitative estimate of drug-likeness (QED) is 0.828. The summed E-state index contributed by atoms with van der Waals surface area (Å²) in [5.74, 6) is 1.24. The fourth-order valence-corrected chi connectivity index (χ4v) is 2.39. The van der Waals surface area contributed by atoms with Crippen molar-refractivity contribution in [2.24, 2.45) is 0 Å².